The van der Waals surface area contributed by atoms with Crippen molar-refractivity contribution in [1.82, 2.24) is 9.88 Å². The zero-order valence-electron chi connectivity index (χ0n) is 13.5. The molecule has 0 aliphatic carbocycles. The van der Waals surface area contributed by atoms with Crippen LogP contribution in [0.4, 0.5) is 0 Å². The van der Waals surface area contributed by atoms with Crippen molar-refractivity contribution in [3.63, 3.8) is 0 Å². The van der Waals surface area contributed by atoms with E-state index in [0.29, 0.717) is 17.9 Å². The van der Waals surface area contributed by atoms with Crippen LogP contribution in [0.25, 0.3) is 11.3 Å². The summed E-state index contributed by atoms with van der Waals surface area (Å²) in [6, 6.07) is 10.6. The lowest BCUT2D eigenvalue weighted by Crippen LogP contribution is -2.30. The predicted octanol–water partition coefficient (Wildman–Crippen LogP) is 3.22. The molecule has 0 atom stereocenters. The normalized spacial score (nSPS) is 10.4. The molecule has 3 aromatic rings. The molecule has 0 spiro atoms. The van der Waals surface area contributed by atoms with Crippen molar-refractivity contribution in [2.75, 3.05) is 13.7 Å². The third-order valence-corrected chi connectivity index (χ3v) is 4.42. The highest BCUT2D eigenvalue weighted by atomic mass is 32.1. The van der Waals surface area contributed by atoms with Gasteiger partial charge in [-0.2, -0.15) is 0 Å². The standard InChI is InChI=1S/C18H16N2O4S/c1-20(10-15-3-2-8-25-15)17(21)11-23-18(22)14-6-4-13(5-7-14)16-9-19-12-24-16/h2-9,12H,10-11H2,1H3. The molecule has 0 fully saturated rings. The number of thiophene rings is 1. The van der Waals surface area contributed by atoms with Gasteiger partial charge in [0.15, 0.2) is 18.8 Å². The number of amides is 1. The summed E-state index contributed by atoms with van der Waals surface area (Å²) in [6.07, 6.45) is 2.94. The molecule has 1 amide bonds. The topological polar surface area (TPSA) is 72.6 Å². The number of ether oxygens (including phenoxy) is 1. The number of benzene rings is 1. The fraction of sp³-hybridized carbons (Fsp3) is 0.167. The van der Waals surface area contributed by atoms with E-state index in [0.717, 1.165) is 10.4 Å². The number of nitrogens with zero attached hydrogens (tertiary/aromatic N) is 2. The van der Waals surface area contributed by atoms with Crippen LogP contribution in [0.15, 0.2) is 58.8 Å². The lowest BCUT2D eigenvalue weighted by molar-refractivity contribution is -0.133. The highest BCUT2D eigenvalue weighted by molar-refractivity contribution is 7.09. The van der Waals surface area contributed by atoms with Crippen LogP contribution in [-0.2, 0) is 16.1 Å². The van der Waals surface area contributed by atoms with Gasteiger partial charge in [-0.3, -0.25) is 4.79 Å². The summed E-state index contributed by atoms with van der Waals surface area (Å²) >= 11 is 1.58. The molecule has 25 heavy (non-hydrogen) atoms. The Morgan fingerprint density at radius 2 is 2.04 bits per heavy atom. The molecule has 2 heterocycles. The van der Waals surface area contributed by atoms with E-state index in [2.05, 4.69) is 4.98 Å². The van der Waals surface area contributed by atoms with Crippen molar-refractivity contribution in [3.8, 4) is 11.3 Å². The summed E-state index contributed by atoms with van der Waals surface area (Å²) < 4.78 is 10.3. The molecule has 1 aromatic carbocycles. The molecule has 3 rings (SSSR count). The minimum Gasteiger partial charge on any atom is -0.452 e. The number of hydrogen-bond donors (Lipinski definition) is 0. The summed E-state index contributed by atoms with van der Waals surface area (Å²) in [5.41, 5.74) is 1.18. The Labute approximate surface area is 148 Å². The highest BCUT2D eigenvalue weighted by Crippen LogP contribution is 2.19. The van der Waals surface area contributed by atoms with E-state index in [1.165, 1.54) is 11.3 Å². The molecule has 7 heteroatoms. The monoisotopic (exact) mass is 356 g/mol. The van der Waals surface area contributed by atoms with Crippen molar-refractivity contribution in [2.45, 2.75) is 6.54 Å². The highest BCUT2D eigenvalue weighted by Gasteiger charge is 2.14. The fourth-order valence-electron chi connectivity index (χ4n) is 2.17. The van der Waals surface area contributed by atoms with Crippen molar-refractivity contribution in [3.05, 3.63) is 64.8 Å². The fourth-order valence-corrected chi connectivity index (χ4v) is 2.93. The third-order valence-electron chi connectivity index (χ3n) is 3.56. The van der Waals surface area contributed by atoms with E-state index >= 15 is 0 Å². The molecule has 2 aromatic heterocycles. The molecular weight excluding hydrogens is 340 g/mol. The zero-order chi connectivity index (χ0) is 17.6. The minimum absolute atomic E-state index is 0.250. The van der Waals surface area contributed by atoms with Gasteiger partial charge in [-0.15, -0.1) is 11.3 Å². The number of rotatable bonds is 6. The number of hydrogen-bond acceptors (Lipinski definition) is 6. The van der Waals surface area contributed by atoms with E-state index in [4.69, 9.17) is 9.15 Å². The number of carbonyl (C=O) groups excluding carboxylic acids is 2. The number of aromatic nitrogens is 1. The first-order valence-corrected chi connectivity index (χ1v) is 8.44. The second-order valence-corrected chi connectivity index (χ2v) is 6.38. The Kier molecular flexibility index (Phi) is 5.25. The Hall–Kier alpha value is -2.93. The Balaban J connectivity index is 1.52. The van der Waals surface area contributed by atoms with Crippen LogP contribution in [0.2, 0.25) is 0 Å². The molecule has 0 aliphatic heterocycles. The maximum absolute atomic E-state index is 12.1. The van der Waals surface area contributed by atoms with E-state index in [1.54, 1.807) is 48.8 Å². The van der Waals surface area contributed by atoms with E-state index in [9.17, 15) is 9.59 Å². The number of carbonyl (C=O) groups is 2. The summed E-state index contributed by atoms with van der Waals surface area (Å²) in [5.74, 6) is -0.174. The summed E-state index contributed by atoms with van der Waals surface area (Å²) in [4.78, 5) is 30.6. The summed E-state index contributed by atoms with van der Waals surface area (Å²) in [6.45, 7) is 0.213. The molecule has 0 unspecified atom stereocenters. The van der Waals surface area contributed by atoms with Crippen molar-refractivity contribution >= 4 is 23.2 Å². The molecule has 0 N–H and O–H groups in total. The van der Waals surface area contributed by atoms with Crippen LogP contribution >= 0.6 is 11.3 Å². The van der Waals surface area contributed by atoms with Crippen molar-refractivity contribution < 1.29 is 18.7 Å². The van der Waals surface area contributed by atoms with Gasteiger partial charge in [-0.1, -0.05) is 18.2 Å². The van der Waals surface area contributed by atoms with Gasteiger partial charge in [0.1, 0.15) is 0 Å². The molecule has 0 saturated heterocycles. The van der Waals surface area contributed by atoms with Crippen LogP contribution in [0, 0.1) is 0 Å². The van der Waals surface area contributed by atoms with Crippen molar-refractivity contribution in [2.24, 2.45) is 0 Å². The Morgan fingerprint density at radius 1 is 1.24 bits per heavy atom. The van der Waals surface area contributed by atoms with Gasteiger partial charge in [0.05, 0.1) is 18.3 Å². The second kappa shape index (κ2) is 7.76. The first-order chi connectivity index (χ1) is 12.1. The average molecular weight is 356 g/mol. The van der Waals surface area contributed by atoms with Gasteiger partial charge >= 0.3 is 5.97 Å². The second-order valence-electron chi connectivity index (χ2n) is 5.35. The zero-order valence-corrected chi connectivity index (χ0v) is 14.4. The quantitative estimate of drug-likeness (QED) is 0.634. The van der Waals surface area contributed by atoms with E-state index in [-0.39, 0.29) is 12.5 Å². The predicted molar refractivity (Wildman–Crippen MR) is 93.0 cm³/mol. The Morgan fingerprint density at radius 3 is 2.68 bits per heavy atom. The van der Waals surface area contributed by atoms with Crippen LogP contribution in [-0.4, -0.2) is 35.4 Å². The first-order valence-electron chi connectivity index (χ1n) is 7.56. The first kappa shape index (κ1) is 16.9. The Bertz CT molecular complexity index is 827. The van der Waals surface area contributed by atoms with Gasteiger partial charge in [0.2, 0.25) is 0 Å². The molecule has 6 nitrogen and oxygen atoms in total. The van der Waals surface area contributed by atoms with E-state index < -0.39 is 5.97 Å². The van der Waals surface area contributed by atoms with Gasteiger partial charge in [0.25, 0.3) is 5.91 Å². The molecule has 128 valence electrons. The van der Waals surface area contributed by atoms with Gasteiger partial charge in [0, 0.05) is 17.5 Å². The largest absolute Gasteiger partial charge is 0.452 e. The number of likely N-dealkylation sites (N-methyl/N-ethyl adjacent to an activating group) is 1. The van der Waals surface area contributed by atoms with Gasteiger partial charge in [-0.05, 0) is 23.6 Å². The lowest BCUT2D eigenvalue weighted by atomic mass is 10.1. The minimum atomic E-state index is -0.540. The maximum Gasteiger partial charge on any atom is 0.338 e. The third kappa shape index (κ3) is 4.33. The smallest absolute Gasteiger partial charge is 0.338 e. The molecule has 0 radical (unpaired) electrons. The summed E-state index contributed by atoms with van der Waals surface area (Å²) in [7, 11) is 1.68. The maximum atomic E-state index is 12.1. The van der Waals surface area contributed by atoms with Gasteiger partial charge < -0.3 is 14.1 Å². The number of esters is 1. The van der Waals surface area contributed by atoms with Gasteiger partial charge in [-0.25, -0.2) is 9.78 Å². The molecule has 0 bridgehead atoms. The molecule has 0 aliphatic rings. The van der Waals surface area contributed by atoms with Crippen LogP contribution < -0.4 is 0 Å². The van der Waals surface area contributed by atoms with Crippen LogP contribution in [0.3, 0.4) is 0 Å². The molecular formula is C18H16N2O4S. The van der Waals surface area contributed by atoms with Crippen LogP contribution in [0.1, 0.15) is 15.2 Å². The number of oxazole rings is 1. The van der Waals surface area contributed by atoms with Crippen LogP contribution in [0.5, 0.6) is 0 Å². The van der Waals surface area contributed by atoms with E-state index in [1.807, 2.05) is 17.5 Å². The molecule has 0 saturated carbocycles. The average Bonchev–Trinajstić information content (AvgIpc) is 3.33. The van der Waals surface area contributed by atoms with Crippen molar-refractivity contribution in [1.29, 1.82) is 0 Å². The SMILES string of the molecule is CN(Cc1cccs1)C(=O)COC(=O)c1ccc(-c2cnco2)cc1. The lowest BCUT2D eigenvalue weighted by Gasteiger charge is -2.16. The summed E-state index contributed by atoms with van der Waals surface area (Å²) in [5, 5.41) is 1.95.